The first-order valence-corrected chi connectivity index (χ1v) is 19.7. The Morgan fingerprint density at radius 1 is 1.12 bits per heavy atom. The van der Waals surface area contributed by atoms with Crippen molar-refractivity contribution >= 4 is 23.3 Å². The smallest absolute Gasteiger partial charge is 0.394 e. The normalized spacial score (nSPS) is 16.0. The number of hydrogen-bond acceptors (Lipinski definition) is 8. The van der Waals surface area contributed by atoms with Crippen molar-refractivity contribution in [3.63, 3.8) is 0 Å². The molecule has 2 aliphatic rings. The zero-order valence-corrected chi connectivity index (χ0v) is 35.1. The number of carboxylic acids is 1. The Balaban J connectivity index is 0.00000101. The summed E-state index contributed by atoms with van der Waals surface area (Å²) in [6.07, 6.45) is 34.9. The third kappa shape index (κ3) is 20.9. The lowest BCUT2D eigenvalue weighted by molar-refractivity contribution is -0.147. The van der Waals surface area contributed by atoms with E-state index in [2.05, 4.69) is 84.7 Å². The number of amides is 1. The van der Waals surface area contributed by atoms with Crippen LogP contribution in [0.15, 0.2) is 78.1 Å². The number of anilines is 2. The summed E-state index contributed by atoms with van der Waals surface area (Å²) in [5.74, 6) is -0.329. The summed E-state index contributed by atoms with van der Waals surface area (Å²) in [7, 11) is 3.76. The Bertz CT molecular complexity index is 1470. The van der Waals surface area contributed by atoms with Crippen LogP contribution in [0.25, 0.3) is 0 Å². The molecule has 1 aromatic carbocycles. The fourth-order valence-corrected chi connectivity index (χ4v) is 6.35. The highest BCUT2D eigenvalue weighted by molar-refractivity contribution is 6.36. The number of unbranched alkanes of at least 4 members (excludes halogenated alkanes) is 4. The first-order chi connectivity index (χ1) is 27.1. The summed E-state index contributed by atoms with van der Waals surface area (Å²) in [5, 5.41) is 20.3. The molecule has 10 heteroatoms. The van der Waals surface area contributed by atoms with Gasteiger partial charge in [-0.05, 0) is 74.8 Å². The Morgan fingerprint density at radius 2 is 1.80 bits per heavy atom. The van der Waals surface area contributed by atoms with Gasteiger partial charge in [0.2, 0.25) is 0 Å². The molecule has 0 aliphatic carbocycles. The van der Waals surface area contributed by atoms with Crippen molar-refractivity contribution < 1.29 is 29.3 Å². The molecule has 0 spiro atoms. The fraction of sp³-hybridized carbons (Fsp3) is 0.522. The number of likely N-dealkylation sites (N-methyl/N-ethyl adjacent to an activating group) is 1. The van der Waals surface area contributed by atoms with Crippen LogP contribution in [0.3, 0.4) is 0 Å². The minimum absolute atomic E-state index is 0.0437. The lowest BCUT2D eigenvalue weighted by atomic mass is 10.0. The molecule has 2 fully saturated rings. The summed E-state index contributed by atoms with van der Waals surface area (Å²) in [4.78, 5) is 29.4. The zero-order chi connectivity index (χ0) is 42.1. The number of nitrogens with one attached hydrogen (secondary N) is 1. The quantitative estimate of drug-likeness (QED) is 0.0560. The first kappa shape index (κ1) is 51.4. The fourth-order valence-electron chi connectivity index (χ4n) is 6.35. The van der Waals surface area contributed by atoms with Gasteiger partial charge >= 0.3 is 11.9 Å². The van der Waals surface area contributed by atoms with Crippen LogP contribution >= 0.6 is 0 Å². The van der Waals surface area contributed by atoms with Gasteiger partial charge in [-0.3, -0.25) is 9.69 Å². The minimum atomic E-state index is -1.52. The maximum absolute atomic E-state index is 11.6. The largest absolute Gasteiger partial charge is 0.474 e. The number of aryl methyl sites for hydroxylation is 1. The number of morpholine rings is 1. The van der Waals surface area contributed by atoms with Crippen LogP contribution in [0.5, 0.6) is 0 Å². The average molecular weight is 775 g/mol. The van der Waals surface area contributed by atoms with E-state index in [4.69, 9.17) is 19.7 Å². The van der Waals surface area contributed by atoms with E-state index in [0.717, 1.165) is 88.3 Å². The van der Waals surface area contributed by atoms with E-state index in [-0.39, 0.29) is 6.61 Å². The van der Waals surface area contributed by atoms with Gasteiger partial charge in [0, 0.05) is 64.0 Å². The van der Waals surface area contributed by atoms with Gasteiger partial charge in [0.15, 0.2) is 0 Å². The summed E-state index contributed by atoms with van der Waals surface area (Å²) >= 11 is 0. The number of likely N-dealkylation sites (tertiary alicyclic amines) is 1. The van der Waals surface area contributed by atoms with Gasteiger partial charge in [-0.15, -0.1) is 25.2 Å². The zero-order valence-electron chi connectivity index (χ0n) is 35.1. The number of ether oxygens (including phenoxy) is 2. The second kappa shape index (κ2) is 32.6. The Morgan fingerprint density at radius 3 is 2.39 bits per heavy atom. The molecule has 2 heterocycles. The molecule has 3 rings (SSSR count). The average Bonchev–Trinajstić information content (AvgIpc) is 3.68. The van der Waals surface area contributed by atoms with Gasteiger partial charge in [-0.1, -0.05) is 88.6 Å². The standard InChI is InChI=1S/C24H34N2O4.C17H30N2O2.C3H4.C2H2/c1-4-6-7-8-9-13-20-14-15-21(25-23(28)24(29)30)17-22(20)26(3)18-19(11-5-2)12-10-16-27;1-4-6-16(18-11-13-21-14-12-18)15(2)8-10-19-9-5-7-17(19)20-3;1-3-2;1-2/h5,10-12,14-15,17,27H,2,4,6-9,13,16,18H2,1,3H3,(H,25,28)(H,29,30);6,8,17H,4-5,7,9-14H2,1-3H3;1H,2H3;1-2H/b12-10-,19-11+;15-8-,16-6+;;. The molecule has 2 aliphatic heterocycles. The molecule has 0 aromatic heterocycles. The van der Waals surface area contributed by atoms with Crippen molar-refractivity contribution in [1.82, 2.24) is 9.80 Å². The van der Waals surface area contributed by atoms with Crippen molar-refractivity contribution in [1.29, 1.82) is 0 Å². The maximum atomic E-state index is 11.6. The summed E-state index contributed by atoms with van der Waals surface area (Å²) in [5.41, 5.74) is 6.25. The number of hydrogen-bond donors (Lipinski definition) is 3. The predicted molar refractivity (Wildman–Crippen MR) is 233 cm³/mol. The molecule has 0 saturated carbocycles. The molecular weight excluding hydrogens is 705 g/mol. The van der Waals surface area contributed by atoms with E-state index in [1.165, 1.54) is 37.0 Å². The molecular formula is C46H70N4O6. The number of aliphatic carboxylic acids is 1. The number of carboxylic acid groups (broad SMARTS) is 1. The summed E-state index contributed by atoms with van der Waals surface area (Å²) in [6.45, 7) is 18.4. The number of methoxy groups -OCH3 is 1. The second-order valence-electron chi connectivity index (χ2n) is 13.3. The molecule has 0 radical (unpaired) electrons. The van der Waals surface area contributed by atoms with Gasteiger partial charge in [0.05, 0.1) is 19.8 Å². The van der Waals surface area contributed by atoms with Crippen LogP contribution < -0.4 is 10.2 Å². The number of allylic oxidation sites excluding steroid dienone is 4. The molecule has 10 nitrogen and oxygen atoms in total. The number of carbonyl (C=O) groups excluding carboxylic acids is 1. The number of aliphatic hydroxyl groups excluding tert-OH is 1. The van der Waals surface area contributed by atoms with Crippen molar-refractivity contribution in [2.75, 3.05) is 76.9 Å². The van der Waals surface area contributed by atoms with E-state index < -0.39 is 11.9 Å². The van der Waals surface area contributed by atoms with E-state index in [9.17, 15) is 9.59 Å². The molecule has 3 N–H and O–H groups in total. The number of carbonyl (C=O) groups is 2. The highest BCUT2D eigenvalue weighted by Crippen LogP contribution is 2.27. The number of aliphatic hydroxyl groups is 1. The van der Waals surface area contributed by atoms with Crippen LogP contribution in [-0.2, 0) is 25.5 Å². The Labute approximate surface area is 339 Å². The topological polar surface area (TPSA) is 115 Å². The molecule has 2 saturated heterocycles. The number of terminal acetylenes is 2. The third-order valence-corrected chi connectivity index (χ3v) is 9.05. The van der Waals surface area contributed by atoms with Crippen molar-refractivity contribution in [3.05, 3.63) is 83.6 Å². The predicted octanol–water partition coefficient (Wildman–Crippen LogP) is 7.84. The Hall–Kier alpha value is -4.58. The minimum Gasteiger partial charge on any atom is -0.474 e. The lowest BCUT2D eigenvalue weighted by Crippen LogP contribution is -2.36. The van der Waals surface area contributed by atoms with Gasteiger partial charge in [-0.2, -0.15) is 0 Å². The second-order valence-corrected chi connectivity index (χ2v) is 13.3. The van der Waals surface area contributed by atoms with Crippen LogP contribution in [0, 0.1) is 25.2 Å². The lowest BCUT2D eigenvalue weighted by Gasteiger charge is -2.32. The molecule has 310 valence electrons. The third-order valence-electron chi connectivity index (χ3n) is 9.05. The van der Waals surface area contributed by atoms with E-state index in [0.29, 0.717) is 18.5 Å². The molecule has 1 unspecified atom stereocenters. The van der Waals surface area contributed by atoms with Crippen LogP contribution in [0.4, 0.5) is 11.4 Å². The highest BCUT2D eigenvalue weighted by atomic mass is 16.5. The molecule has 1 atom stereocenters. The van der Waals surface area contributed by atoms with Crippen LogP contribution in [-0.4, -0.2) is 105 Å². The van der Waals surface area contributed by atoms with Crippen LogP contribution in [0.1, 0.15) is 84.6 Å². The van der Waals surface area contributed by atoms with Crippen molar-refractivity contribution in [3.8, 4) is 25.2 Å². The summed E-state index contributed by atoms with van der Waals surface area (Å²) in [6, 6.07) is 5.50. The van der Waals surface area contributed by atoms with Crippen molar-refractivity contribution in [2.45, 2.75) is 91.7 Å². The van der Waals surface area contributed by atoms with Gasteiger partial charge in [0.1, 0.15) is 6.23 Å². The first-order valence-electron chi connectivity index (χ1n) is 19.7. The van der Waals surface area contributed by atoms with Gasteiger partial charge in [0.25, 0.3) is 0 Å². The summed E-state index contributed by atoms with van der Waals surface area (Å²) < 4.78 is 11.0. The molecule has 1 aromatic rings. The highest BCUT2D eigenvalue weighted by Gasteiger charge is 2.23. The van der Waals surface area contributed by atoms with E-state index in [1.807, 2.05) is 38.4 Å². The number of rotatable bonds is 19. The Kier molecular flexibility index (Phi) is 30.0. The maximum Gasteiger partial charge on any atom is 0.394 e. The molecule has 0 bridgehead atoms. The van der Waals surface area contributed by atoms with Crippen LogP contribution in [0.2, 0.25) is 0 Å². The van der Waals surface area contributed by atoms with Gasteiger partial charge in [-0.25, -0.2) is 4.79 Å². The number of benzene rings is 1. The van der Waals surface area contributed by atoms with Gasteiger partial charge < -0.3 is 34.8 Å². The molecule has 1 amide bonds. The SMILES string of the molecule is C#C.C#CC.C=C/C=C(\C=C/CO)CN(C)c1cc(NC(=O)C(=O)O)ccc1CCCCCCC.CC/C=C(\C(C)=C/CN1CCCC1OC)N1CCOCC1. The monoisotopic (exact) mass is 775 g/mol. The van der Waals surface area contributed by atoms with E-state index >= 15 is 0 Å². The van der Waals surface area contributed by atoms with Crippen molar-refractivity contribution in [2.24, 2.45) is 0 Å². The molecule has 56 heavy (non-hydrogen) atoms. The number of nitrogens with zero attached hydrogens (tertiary/aromatic N) is 3. The van der Waals surface area contributed by atoms with E-state index in [1.54, 1.807) is 25.1 Å².